The van der Waals surface area contributed by atoms with Crippen LogP contribution >= 0.6 is 11.6 Å². The number of rotatable bonds is 2. The van der Waals surface area contributed by atoms with E-state index in [1.165, 1.54) is 5.57 Å². The topological polar surface area (TPSA) is 18.5 Å². The van der Waals surface area contributed by atoms with Crippen LogP contribution < -0.4 is 4.74 Å². The normalized spacial score (nSPS) is 16.0. The van der Waals surface area contributed by atoms with E-state index in [4.69, 9.17) is 21.1 Å². The van der Waals surface area contributed by atoms with Crippen molar-refractivity contribution < 1.29 is 9.47 Å². The van der Waals surface area contributed by atoms with E-state index in [1.54, 1.807) is 7.11 Å². The van der Waals surface area contributed by atoms with Crippen molar-refractivity contribution in [3.63, 3.8) is 0 Å². The highest BCUT2D eigenvalue weighted by Gasteiger charge is 2.10. The first-order valence-electron chi connectivity index (χ1n) is 4.92. The van der Waals surface area contributed by atoms with E-state index in [2.05, 4.69) is 6.08 Å². The highest BCUT2D eigenvalue weighted by atomic mass is 35.5. The zero-order chi connectivity index (χ0) is 10.7. The lowest BCUT2D eigenvalue weighted by Gasteiger charge is -2.15. The Morgan fingerprint density at radius 3 is 2.93 bits per heavy atom. The number of ether oxygens (including phenoxy) is 2. The molecule has 0 saturated carbocycles. The molecule has 0 fully saturated rings. The summed E-state index contributed by atoms with van der Waals surface area (Å²) in [5.74, 6) is 0.835. The average Bonchev–Trinajstić information content (AvgIpc) is 2.31. The fourth-order valence-corrected chi connectivity index (χ4v) is 1.89. The van der Waals surface area contributed by atoms with Crippen molar-refractivity contribution in [3.05, 3.63) is 34.9 Å². The van der Waals surface area contributed by atoms with Gasteiger partial charge in [0.25, 0.3) is 0 Å². The third kappa shape index (κ3) is 2.33. The molecule has 3 heteroatoms. The highest BCUT2D eigenvalue weighted by molar-refractivity contribution is 6.32. The van der Waals surface area contributed by atoms with Gasteiger partial charge in [-0.1, -0.05) is 17.7 Å². The van der Waals surface area contributed by atoms with Crippen molar-refractivity contribution >= 4 is 17.2 Å². The van der Waals surface area contributed by atoms with Gasteiger partial charge >= 0.3 is 0 Å². The van der Waals surface area contributed by atoms with E-state index in [0.717, 1.165) is 29.4 Å². The van der Waals surface area contributed by atoms with Crippen LogP contribution in [0.2, 0.25) is 5.02 Å². The van der Waals surface area contributed by atoms with Gasteiger partial charge in [0, 0.05) is 5.02 Å². The maximum absolute atomic E-state index is 6.15. The standard InChI is InChI=1S/C12H13ClO2/c1-14-10-2-3-12(13)11(8-10)9-4-6-15-7-5-9/h2-4,8H,5-7H2,1H3. The van der Waals surface area contributed by atoms with Crippen LogP contribution in [0.25, 0.3) is 5.57 Å². The maximum Gasteiger partial charge on any atom is 0.119 e. The minimum Gasteiger partial charge on any atom is -0.497 e. The van der Waals surface area contributed by atoms with Gasteiger partial charge in [-0.25, -0.2) is 0 Å². The predicted molar refractivity (Wildman–Crippen MR) is 61.4 cm³/mol. The number of hydrogen-bond donors (Lipinski definition) is 0. The van der Waals surface area contributed by atoms with Gasteiger partial charge in [-0.3, -0.25) is 0 Å². The lowest BCUT2D eigenvalue weighted by molar-refractivity contribution is 0.161. The lowest BCUT2D eigenvalue weighted by Crippen LogP contribution is -2.04. The highest BCUT2D eigenvalue weighted by Crippen LogP contribution is 2.30. The van der Waals surface area contributed by atoms with E-state index >= 15 is 0 Å². The minimum atomic E-state index is 0.670. The molecule has 0 N–H and O–H groups in total. The molecular formula is C12H13ClO2. The van der Waals surface area contributed by atoms with Gasteiger partial charge in [-0.2, -0.15) is 0 Å². The first kappa shape index (κ1) is 10.5. The Morgan fingerprint density at radius 1 is 1.40 bits per heavy atom. The second-order valence-electron chi connectivity index (χ2n) is 3.40. The van der Waals surface area contributed by atoms with Gasteiger partial charge in [-0.15, -0.1) is 0 Å². The molecule has 1 aliphatic rings. The summed E-state index contributed by atoms with van der Waals surface area (Å²) < 4.78 is 10.5. The van der Waals surface area contributed by atoms with Crippen LogP contribution in [0.3, 0.4) is 0 Å². The van der Waals surface area contributed by atoms with Crippen LogP contribution in [0.5, 0.6) is 5.75 Å². The summed E-state index contributed by atoms with van der Waals surface area (Å²) in [6.45, 7) is 1.43. The Hall–Kier alpha value is -0.990. The number of benzene rings is 1. The molecule has 2 rings (SSSR count). The molecule has 0 unspecified atom stereocenters. The average molecular weight is 225 g/mol. The van der Waals surface area contributed by atoms with Crippen molar-refractivity contribution in [2.45, 2.75) is 6.42 Å². The summed E-state index contributed by atoms with van der Waals surface area (Å²) in [4.78, 5) is 0. The molecule has 1 heterocycles. The number of hydrogen-bond acceptors (Lipinski definition) is 2. The van der Waals surface area contributed by atoms with Crippen molar-refractivity contribution in [2.24, 2.45) is 0 Å². The Kier molecular flexibility index (Phi) is 3.29. The van der Waals surface area contributed by atoms with Gasteiger partial charge in [0.15, 0.2) is 0 Å². The van der Waals surface area contributed by atoms with Crippen molar-refractivity contribution in [1.82, 2.24) is 0 Å². The van der Waals surface area contributed by atoms with E-state index in [0.29, 0.717) is 6.61 Å². The largest absolute Gasteiger partial charge is 0.497 e. The van der Waals surface area contributed by atoms with Crippen LogP contribution in [0.4, 0.5) is 0 Å². The molecule has 0 radical (unpaired) electrons. The van der Waals surface area contributed by atoms with Crippen molar-refractivity contribution in [1.29, 1.82) is 0 Å². The second kappa shape index (κ2) is 4.69. The summed E-state index contributed by atoms with van der Waals surface area (Å²) in [6, 6.07) is 5.71. The Morgan fingerprint density at radius 2 is 2.27 bits per heavy atom. The number of halogens is 1. The van der Waals surface area contributed by atoms with Crippen LogP contribution in [-0.4, -0.2) is 20.3 Å². The van der Waals surface area contributed by atoms with Gasteiger partial charge in [0.05, 0.1) is 20.3 Å². The molecule has 1 aromatic rings. The smallest absolute Gasteiger partial charge is 0.119 e. The van der Waals surface area contributed by atoms with E-state index in [-0.39, 0.29) is 0 Å². The third-order valence-corrected chi connectivity index (χ3v) is 2.81. The van der Waals surface area contributed by atoms with Gasteiger partial charge < -0.3 is 9.47 Å². The van der Waals surface area contributed by atoms with Crippen LogP contribution in [0.1, 0.15) is 12.0 Å². The van der Waals surface area contributed by atoms with E-state index in [9.17, 15) is 0 Å². The predicted octanol–water partition coefficient (Wildman–Crippen LogP) is 3.15. The molecule has 0 atom stereocenters. The third-order valence-electron chi connectivity index (χ3n) is 2.48. The zero-order valence-corrected chi connectivity index (χ0v) is 9.38. The van der Waals surface area contributed by atoms with E-state index < -0.39 is 0 Å². The molecule has 1 aliphatic heterocycles. The fourth-order valence-electron chi connectivity index (χ4n) is 1.65. The SMILES string of the molecule is COc1ccc(Cl)c(C2=CCOCC2)c1. The second-order valence-corrected chi connectivity index (χ2v) is 3.81. The first-order chi connectivity index (χ1) is 7.31. The molecule has 0 aliphatic carbocycles. The van der Waals surface area contributed by atoms with Crippen LogP contribution in [0, 0.1) is 0 Å². The molecule has 0 amide bonds. The maximum atomic E-state index is 6.15. The molecule has 0 aromatic heterocycles. The van der Waals surface area contributed by atoms with Crippen molar-refractivity contribution in [3.8, 4) is 5.75 Å². The summed E-state index contributed by atoms with van der Waals surface area (Å²) >= 11 is 6.15. The van der Waals surface area contributed by atoms with Gasteiger partial charge in [-0.05, 0) is 35.8 Å². The summed E-state index contributed by atoms with van der Waals surface area (Å²) in [5, 5.41) is 0.768. The fraction of sp³-hybridized carbons (Fsp3) is 0.333. The molecule has 1 aromatic carbocycles. The molecule has 0 saturated heterocycles. The minimum absolute atomic E-state index is 0.670. The van der Waals surface area contributed by atoms with Gasteiger partial charge in [0.2, 0.25) is 0 Å². The monoisotopic (exact) mass is 224 g/mol. The van der Waals surface area contributed by atoms with Gasteiger partial charge in [0.1, 0.15) is 5.75 Å². The molecule has 2 nitrogen and oxygen atoms in total. The molecule has 0 spiro atoms. The number of methoxy groups -OCH3 is 1. The molecule has 80 valence electrons. The molecule has 15 heavy (non-hydrogen) atoms. The first-order valence-corrected chi connectivity index (χ1v) is 5.30. The lowest BCUT2D eigenvalue weighted by atomic mass is 10.0. The Balaban J connectivity index is 2.37. The summed E-state index contributed by atoms with van der Waals surface area (Å²) in [5.41, 5.74) is 2.30. The summed E-state index contributed by atoms with van der Waals surface area (Å²) in [7, 11) is 1.66. The molecular weight excluding hydrogens is 212 g/mol. The Bertz CT molecular complexity index is 385. The quantitative estimate of drug-likeness (QED) is 0.769. The zero-order valence-electron chi connectivity index (χ0n) is 8.63. The van der Waals surface area contributed by atoms with Crippen LogP contribution in [0.15, 0.2) is 24.3 Å². The Labute approximate surface area is 94.5 Å². The summed E-state index contributed by atoms with van der Waals surface area (Å²) in [6.07, 6.45) is 2.98. The van der Waals surface area contributed by atoms with Crippen LogP contribution in [-0.2, 0) is 4.74 Å². The van der Waals surface area contributed by atoms with E-state index in [1.807, 2.05) is 18.2 Å². The van der Waals surface area contributed by atoms with Crippen molar-refractivity contribution in [2.75, 3.05) is 20.3 Å². The molecule has 0 bridgehead atoms.